The number of ether oxygens (including phenoxy) is 1. The summed E-state index contributed by atoms with van der Waals surface area (Å²) in [5, 5.41) is 3.05. The highest BCUT2D eigenvalue weighted by Crippen LogP contribution is 2.38. The topological polar surface area (TPSA) is 92.8 Å². The Labute approximate surface area is 176 Å². The molecule has 1 saturated carbocycles. The van der Waals surface area contributed by atoms with Crippen LogP contribution in [0.3, 0.4) is 0 Å². The number of halogens is 3. The molecule has 0 radical (unpaired) electrons. The maximum atomic E-state index is 12.3. The Morgan fingerprint density at radius 2 is 1.57 bits per heavy atom. The van der Waals surface area contributed by atoms with Crippen LogP contribution in [-0.2, 0) is 23.9 Å². The van der Waals surface area contributed by atoms with Crippen LogP contribution in [0, 0.1) is 11.8 Å². The smallest absolute Gasteiger partial charge is 0.326 e. The number of carbonyl (C=O) groups is 4. The fourth-order valence-electron chi connectivity index (χ4n) is 3.51. The molecule has 1 aromatic carbocycles. The molecule has 1 aromatic rings. The Bertz CT molecular complexity index is 821. The molecular weight excluding hydrogens is 431 g/mol. The molecule has 1 aliphatic carbocycles. The van der Waals surface area contributed by atoms with Crippen LogP contribution in [0.2, 0.25) is 15.1 Å². The van der Waals surface area contributed by atoms with Crippen molar-refractivity contribution in [2.45, 2.75) is 25.7 Å². The first-order valence-electron chi connectivity index (χ1n) is 8.73. The lowest BCUT2D eigenvalue weighted by Crippen LogP contribution is -2.37. The highest BCUT2D eigenvalue weighted by molar-refractivity contribution is 6.44. The monoisotopic (exact) mass is 446 g/mol. The van der Waals surface area contributed by atoms with Gasteiger partial charge in [0.25, 0.3) is 5.91 Å². The zero-order chi connectivity index (χ0) is 20.4. The number of imide groups is 1. The maximum Gasteiger partial charge on any atom is 0.326 e. The molecule has 0 bridgehead atoms. The molecule has 3 rings (SSSR count). The molecule has 1 heterocycles. The quantitative estimate of drug-likeness (QED) is 0.425. The molecule has 0 aromatic heterocycles. The van der Waals surface area contributed by atoms with Crippen LogP contribution >= 0.6 is 34.8 Å². The molecule has 2 fully saturated rings. The van der Waals surface area contributed by atoms with Gasteiger partial charge in [-0.2, -0.15) is 0 Å². The van der Waals surface area contributed by atoms with Gasteiger partial charge < -0.3 is 10.1 Å². The number of fused-ring (bicyclic) bond motifs is 1. The van der Waals surface area contributed by atoms with Gasteiger partial charge in [0, 0.05) is 0 Å². The Kier molecular flexibility index (Phi) is 6.47. The van der Waals surface area contributed by atoms with Gasteiger partial charge in [0.05, 0.1) is 32.6 Å². The molecular formula is C18H17Cl3N2O5. The van der Waals surface area contributed by atoms with Gasteiger partial charge in [-0.05, 0) is 25.0 Å². The van der Waals surface area contributed by atoms with E-state index in [1.54, 1.807) is 0 Å². The summed E-state index contributed by atoms with van der Waals surface area (Å²) in [4.78, 5) is 49.6. The summed E-state index contributed by atoms with van der Waals surface area (Å²) in [5.41, 5.74) is 0.214. The first-order chi connectivity index (χ1) is 13.3. The number of nitrogens with one attached hydrogen (secondary N) is 1. The van der Waals surface area contributed by atoms with Crippen molar-refractivity contribution >= 4 is 64.2 Å². The van der Waals surface area contributed by atoms with Crippen molar-refractivity contribution < 1.29 is 23.9 Å². The summed E-state index contributed by atoms with van der Waals surface area (Å²) in [6.45, 7) is -1.09. The first kappa shape index (κ1) is 20.9. The lowest BCUT2D eigenvalue weighted by molar-refractivity contribution is -0.154. The molecule has 1 saturated heterocycles. The summed E-state index contributed by atoms with van der Waals surface area (Å²) in [6, 6.07) is 2.74. The standard InChI is InChI=1S/C18H17Cl3N2O5/c19-11-5-13(21)14(6-12(11)20)22-15(24)8-28-16(25)7-23-17(26)9-3-1-2-4-10(9)18(23)27/h5-6,9-10H,1-4,7-8H2,(H,22,24). The third kappa shape index (κ3) is 4.42. The lowest BCUT2D eigenvalue weighted by atomic mass is 9.81. The number of rotatable bonds is 5. The van der Waals surface area contributed by atoms with Gasteiger partial charge in [0.15, 0.2) is 6.61 Å². The van der Waals surface area contributed by atoms with Crippen molar-refractivity contribution in [3.63, 3.8) is 0 Å². The van der Waals surface area contributed by atoms with Crippen LogP contribution in [-0.4, -0.2) is 41.7 Å². The van der Waals surface area contributed by atoms with Crippen molar-refractivity contribution in [1.82, 2.24) is 4.90 Å². The second kappa shape index (κ2) is 8.68. The van der Waals surface area contributed by atoms with Gasteiger partial charge in [0.1, 0.15) is 6.54 Å². The van der Waals surface area contributed by atoms with E-state index >= 15 is 0 Å². The number of nitrogens with zero attached hydrogens (tertiary/aromatic N) is 1. The van der Waals surface area contributed by atoms with Crippen molar-refractivity contribution in [2.75, 3.05) is 18.5 Å². The first-order valence-corrected chi connectivity index (χ1v) is 9.86. The highest BCUT2D eigenvalue weighted by atomic mass is 35.5. The lowest BCUT2D eigenvalue weighted by Gasteiger charge is -2.19. The van der Waals surface area contributed by atoms with E-state index in [2.05, 4.69) is 5.32 Å². The van der Waals surface area contributed by atoms with Gasteiger partial charge in [0.2, 0.25) is 11.8 Å². The average Bonchev–Trinajstić information content (AvgIpc) is 2.90. The number of anilines is 1. The molecule has 150 valence electrons. The summed E-state index contributed by atoms with van der Waals surface area (Å²) in [7, 11) is 0. The van der Waals surface area contributed by atoms with Crippen molar-refractivity contribution in [3.8, 4) is 0 Å². The summed E-state index contributed by atoms with van der Waals surface area (Å²) >= 11 is 17.7. The van der Waals surface area contributed by atoms with E-state index in [4.69, 9.17) is 39.5 Å². The predicted molar refractivity (Wildman–Crippen MR) is 103 cm³/mol. The van der Waals surface area contributed by atoms with Crippen molar-refractivity contribution in [2.24, 2.45) is 11.8 Å². The third-order valence-corrected chi connectivity index (χ3v) is 5.90. The fourth-order valence-corrected chi connectivity index (χ4v) is 4.11. The number of hydrogen-bond donors (Lipinski definition) is 1. The van der Waals surface area contributed by atoms with Crippen LogP contribution in [0.25, 0.3) is 0 Å². The van der Waals surface area contributed by atoms with E-state index < -0.39 is 25.0 Å². The summed E-state index contributed by atoms with van der Waals surface area (Å²) < 4.78 is 4.88. The zero-order valence-corrected chi connectivity index (χ0v) is 16.9. The van der Waals surface area contributed by atoms with Gasteiger partial charge >= 0.3 is 5.97 Å². The Balaban J connectivity index is 1.52. The Morgan fingerprint density at radius 1 is 1.00 bits per heavy atom. The SMILES string of the molecule is O=C(COC(=O)CN1C(=O)C2CCCCC2C1=O)Nc1cc(Cl)c(Cl)cc1Cl. The van der Waals surface area contributed by atoms with Crippen LogP contribution in [0.15, 0.2) is 12.1 Å². The van der Waals surface area contributed by atoms with Gasteiger partial charge in [-0.3, -0.25) is 24.1 Å². The van der Waals surface area contributed by atoms with Gasteiger partial charge in [-0.1, -0.05) is 47.6 Å². The van der Waals surface area contributed by atoms with E-state index in [1.165, 1.54) is 12.1 Å². The Hall–Kier alpha value is -1.83. The van der Waals surface area contributed by atoms with E-state index in [0.29, 0.717) is 12.8 Å². The minimum Gasteiger partial charge on any atom is -0.454 e. The number of hydrogen-bond acceptors (Lipinski definition) is 5. The molecule has 2 atom stereocenters. The third-order valence-electron chi connectivity index (χ3n) is 4.87. The minimum atomic E-state index is -0.837. The fraction of sp³-hybridized carbons (Fsp3) is 0.444. The number of likely N-dealkylation sites (tertiary alicyclic amines) is 1. The molecule has 10 heteroatoms. The molecule has 3 amide bonds. The van der Waals surface area contributed by atoms with E-state index in [1.807, 2.05) is 0 Å². The van der Waals surface area contributed by atoms with E-state index in [-0.39, 0.29) is 44.4 Å². The average molecular weight is 448 g/mol. The van der Waals surface area contributed by atoms with Crippen LogP contribution < -0.4 is 5.32 Å². The van der Waals surface area contributed by atoms with Crippen molar-refractivity contribution in [1.29, 1.82) is 0 Å². The number of benzene rings is 1. The highest BCUT2D eigenvalue weighted by Gasteiger charge is 2.48. The minimum absolute atomic E-state index is 0.171. The largest absolute Gasteiger partial charge is 0.454 e. The molecule has 1 N–H and O–H groups in total. The summed E-state index contributed by atoms with van der Waals surface area (Å²) in [5.74, 6) is -2.84. The normalized spacial score (nSPS) is 21.5. The molecule has 28 heavy (non-hydrogen) atoms. The number of carbonyl (C=O) groups excluding carboxylic acids is 4. The zero-order valence-electron chi connectivity index (χ0n) is 14.7. The van der Waals surface area contributed by atoms with Crippen LogP contribution in [0.1, 0.15) is 25.7 Å². The van der Waals surface area contributed by atoms with Gasteiger partial charge in [-0.25, -0.2) is 0 Å². The molecule has 7 nitrogen and oxygen atoms in total. The molecule has 1 aliphatic heterocycles. The van der Waals surface area contributed by atoms with Gasteiger partial charge in [-0.15, -0.1) is 0 Å². The second-order valence-corrected chi connectivity index (χ2v) is 7.94. The molecule has 2 aliphatic rings. The second-order valence-electron chi connectivity index (χ2n) is 6.72. The molecule has 0 spiro atoms. The summed E-state index contributed by atoms with van der Waals surface area (Å²) in [6.07, 6.45) is 3.12. The van der Waals surface area contributed by atoms with Crippen molar-refractivity contribution in [3.05, 3.63) is 27.2 Å². The van der Waals surface area contributed by atoms with E-state index in [0.717, 1.165) is 17.7 Å². The number of esters is 1. The maximum absolute atomic E-state index is 12.3. The predicted octanol–water partition coefficient (Wildman–Crippen LogP) is 3.30. The van der Waals surface area contributed by atoms with E-state index in [9.17, 15) is 19.2 Å². The van der Waals surface area contributed by atoms with Crippen LogP contribution in [0.5, 0.6) is 0 Å². The molecule has 2 unspecified atom stereocenters. The Morgan fingerprint density at radius 3 is 2.18 bits per heavy atom. The van der Waals surface area contributed by atoms with Crippen LogP contribution in [0.4, 0.5) is 5.69 Å². The number of amides is 3.